The van der Waals surface area contributed by atoms with E-state index in [0.717, 1.165) is 0 Å². The average Bonchev–Trinajstić information content (AvgIpc) is 2.90. The first-order chi connectivity index (χ1) is 18.9. The van der Waals surface area contributed by atoms with Gasteiger partial charge in [0, 0.05) is 21.9 Å². The Bertz CT molecular complexity index is 1280. The number of aliphatic hydroxyl groups is 1. The van der Waals surface area contributed by atoms with E-state index in [9.17, 15) is 14.7 Å². The lowest BCUT2D eigenvalue weighted by Crippen LogP contribution is -2.84. The number of carbonyl (C=O) groups is 2. The average molecular weight is 558 g/mol. The van der Waals surface area contributed by atoms with Gasteiger partial charge in [-0.2, -0.15) is 0 Å². The number of anilines is 1. The van der Waals surface area contributed by atoms with Crippen molar-refractivity contribution < 1.29 is 37.7 Å². The third-order valence-electron chi connectivity index (χ3n) is 10.6. The zero-order valence-corrected chi connectivity index (χ0v) is 23.1. The van der Waals surface area contributed by atoms with Crippen LogP contribution >= 0.6 is 0 Å². The maximum absolute atomic E-state index is 18.0. The standard InChI is InChI=1S/C31H37F2NO6/c1-4-5-26-39-25-13-23-28(2,27(40-26)22(36)16-38-19-8-6-17(34)7-9-19)15-24(37)31(33)29(3)11-10-18(35)12-20(29)21(32)14-30(23,25)31/h6-12,21,23-27,37H,4-5,13-16,34H2,1-3H3/t21-,23-,24-,25+,26+,27+,28-,29-,30-,31+/m0/s1. The molecule has 2 saturated heterocycles. The minimum absolute atomic E-state index is 0.0584. The number of hydrogen-bond donors (Lipinski definition) is 2. The first-order valence-electron chi connectivity index (χ1n) is 14.2. The molecule has 7 nitrogen and oxygen atoms in total. The molecule has 0 amide bonds. The van der Waals surface area contributed by atoms with Crippen molar-refractivity contribution in [1.82, 2.24) is 0 Å². The number of allylic oxidation sites excluding steroid dienone is 4. The smallest absolute Gasteiger partial charge is 0.199 e. The van der Waals surface area contributed by atoms with Crippen molar-refractivity contribution >= 4 is 17.3 Å². The summed E-state index contributed by atoms with van der Waals surface area (Å²) in [4.78, 5) is 26.0. The normalized spacial score (nSPS) is 45.2. The van der Waals surface area contributed by atoms with Crippen LogP contribution in [0.1, 0.15) is 52.9 Å². The minimum atomic E-state index is -2.32. The van der Waals surface area contributed by atoms with Crippen molar-refractivity contribution in [2.75, 3.05) is 12.3 Å². The van der Waals surface area contributed by atoms with Crippen LogP contribution in [0.25, 0.3) is 0 Å². The van der Waals surface area contributed by atoms with E-state index in [4.69, 9.17) is 19.9 Å². The summed E-state index contributed by atoms with van der Waals surface area (Å²) in [6.45, 7) is 5.08. The van der Waals surface area contributed by atoms with E-state index in [1.165, 1.54) is 18.2 Å². The molecule has 0 radical (unpaired) electrons. The van der Waals surface area contributed by atoms with E-state index < -0.39 is 64.4 Å². The highest BCUT2D eigenvalue weighted by Crippen LogP contribution is 2.78. The van der Waals surface area contributed by atoms with Gasteiger partial charge < -0.3 is 25.1 Å². The molecule has 5 fully saturated rings. The van der Waals surface area contributed by atoms with E-state index >= 15 is 8.78 Å². The number of halogens is 2. The summed E-state index contributed by atoms with van der Waals surface area (Å²) in [6, 6.07) is 6.67. The highest BCUT2D eigenvalue weighted by atomic mass is 19.1. The Labute approximate surface area is 232 Å². The predicted octanol–water partition coefficient (Wildman–Crippen LogP) is 4.43. The van der Waals surface area contributed by atoms with Crippen LogP contribution < -0.4 is 10.5 Å². The van der Waals surface area contributed by atoms with Crippen molar-refractivity contribution in [3.8, 4) is 5.75 Å². The topological polar surface area (TPSA) is 108 Å². The zero-order chi connectivity index (χ0) is 28.7. The van der Waals surface area contributed by atoms with Crippen molar-refractivity contribution in [1.29, 1.82) is 0 Å². The number of ketones is 2. The molecule has 0 unspecified atom stereocenters. The second-order valence-corrected chi connectivity index (χ2v) is 12.7. The number of alkyl halides is 2. The largest absolute Gasteiger partial charge is 0.486 e. The summed E-state index contributed by atoms with van der Waals surface area (Å²) in [7, 11) is 0. The van der Waals surface area contributed by atoms with Gasteiger partial charge in [-0.05, 0) is 80.5 Å². The van der Waals surface area contributed by atoms with Crippen molar-refractivity contribution in [3.63, 3.8) is 0 Å². The molecule has 0 aromatic heterocycles. The highest BCUT2D eigenvalue weighted by Gasteiger charge is 2.84. The number of nitrogens with two attached hydrogens (primary N) is 1. The maximum atomic E-state index is 18.0. The lowest BCUT2D eigenvalue weighted by atomic mass is 9.31. The summed E-state index contributed by atoms with van der Waals surface area (Å²) in [5, 5.41) is 11.7. The van der Waals surface area contributed by atoms with Gasteiger partial charge in [0.15, 0.2) is 23.5 Å². The summed E-state index contributed by atoms with van der Waals surface area (Å²) in [6.07, 6.45) is -0.597. The van der Waals surface area contributed by atoms with Gasteiger partial charge in [0.1, 0.15) is 24.6 Å². The SMILES string of the molecule is CCC[C@H]1O[C@H](C(=O)COc2ccc(N)cc2)[C@@]2(C)C[C@H](O)[C@]3(F)[C@]4(C[C@H](F)C5=CC(=O)C=C[C@@]53C)[C@@H](C[C@@H]24)O1. The quantitative estimate of drug-likeness (QED) is 0.499. The first kappa shape index (κ1) is 27.5. The number of fused-ring (bicyclic) bond motifs is 5. The van der Waals surface area contributed by atoms with Gasteiger partial charge in [0.05, 0.1) is 12.2 Å². The first-order valence-corrected chi connectivity index (χ1v) is 14.2. The van der Waals surface area contributed by atoms with Gasteiger partial charge in [0.2, 0.25) is 0 Å². The fraction of sp³-hybridized carbons (Fsp3) is 0.613. The van der Waals surface area contributed by atoms with Crippen molar-refractivity contribution in [3.05, 3.63) is 48.1 Å². The number of aliphatic hydroxyl groups excluding tert-OH is 1. The molecule has 1 aromatic rings. The monoisotopic (exact) mass is 557 g/mol. The number of ether oxygens (including phenoxy) is 3. The molecule has 4 aliphatic carbocycles. The van der Waals surface area contributed by atoms with Crippen LogP contribution in [0.4, 0.5) is 14.5 Å². The molecule has 7 rings (SSSR count). The summed E-state index contributed by atoms with van der Waals surface area (Å²) < 4.78 is 52.7. The fourth-order valence-electron chi connectivity index (χ4n) is 8.75. The van der Waals surface area contributed by atoms with E-state index in [0.29, 0.717) is 30.7 Å². The van der Waals surface area contributed by atoms with Gasteiger partial charge in [-0.25, -0.2) is 8.78 Å². The molecule has 10 atom stereocenters. The van der Waals surface area contributed by atoms with Crippen LogP contribution in [0, 0.1) is 22.2 Å². The molecule has 3 saturated carbocycles. The third kappa shape index (κ3) is 3.50. The van der Waals surface area contributed by atoms with Gasteiger partial charge in [-0.3, -0.25) is 9.59 Å². The van der Waals surface area contributed by atoms with Gasteiger partial charge in [-0.15, -0.1) is 0 Å². The second kappa shape index (κ2) is 9.19. The third-order valence-corrected chi connectivity index (χ3v) is 10.6. The molecular formula is C31H37F2NO6. The Balaban J connectivity index is 1.42. The molecule has 216 valence electrons. The number of Topliss-reactive ketones (excluding diaryl/α,β-unsaturated/α-hetero) is 1. The zero-order valence-electron chi connectivity index (χ0n) is 23.1. The maximum Gasteiger partial charge on any atom is 0.199 e. The highest BCUT2D eigenvalue weighted by molar-refractivity contribution is 6.01. The molecule has 2 heterocycles. The predicted molar refractivity (Wildman–Crippen MR) is 143 cm³/mol. The van der Waals surface area contributed by atoms with E-state index in [1.54, 1.807) is 31.2 Å². The van der Waals surface area contributed by atoms with E-state index in [2.05, 4.69) is 0 Å². The number of benzene rings is 1. The van der Waals surface area contributed by atoms with Gasteiger partial charge >= 0.3 is 0 Å². The fourth-order valence-corrected chi connectivity index (χ4v) is 8.75. The van der Waals surface area contributed by atoms with Crippen LogP contribution in [0.15, 0.2) is 48.1 Å². The lowest BCUT2D eigenvalue weighted by Gasteiger charge is -2.77. The molecule has 2 aliphatic heterocycles. The van der Waals surface area contributed by atoms with E-state index in [1.807, 2.05) is 13.8 Å². The summed E-state index contributed by atoms with van der Waals surface area (Å²) in [5.74, 6) is -0.795. The Morgan fingerprint density at radius 2 is 1.93 bits per heavy atom. The molecule has 6 aliphatic rings. The van der Waals surface area contributed by atoms with Crippen molar-refractivity contribution in [2.24, 2.45) is 22.2 Å². The van der Waals surface area contributed by atoms with Crippen LogP contribution in [0.2, 0.25) is 0 Å². The molecule has 40 heavy (non-hydrogen) atoms. The Kier molecular flexibility index (Phi) is 6.33. The Morgan fingerprint density at radius 1 is 1.20 bits per heavy atom. The Morgan fingerprint density at radius 3 is 2.62 bits per heavy atom. The van der Waals surface area contributed by atoms with Gasteiger partial charge in [0.25, 0.3) is 0 Å². The van der Waals surface area contributed by atoms with E-state index in [-0.39, 0.29) is 30.8 Å². The molecule has 1 spiro atoms. The van der Waals surface area contributed by atoms with Crippen molar-refractivity contribution in [2.45, 2.75) is 89.3 Å². The van der Waals surface area contributed by atoms with Crippen LogP contribution in [0.5, 0.6) is 5.75 Å². The number of hydrogen-bond acceptors (Lipinski definition) is 7. The number of rotatable bonds is 6. The summed E-state index contributed by atoms with van der Waals surface area (Å²) >= 11 is 0. The summed E-state index contributed by atoms with van der Waals surface area (Å²) in [5.41, 5.74) is 0.0877. The second-order valence-electron chi connectivity index (χ2n) is 12.7. The molecular weight excluding hydrogens is 520 g/mol. The number of carbonyl (C=O) groups excluding carboxylic acids is 2. The molecule has 9 heteroatoms. The van der Waals surface area contributed by atoms with Crippen LogP contribution in [-0.2, 0) is 19.1 Å². The van der Waals surface area contributed by atoms with Crippen LogP contribution in [0.3, 0.4) is 0 Å². The Hall–Kier alpha value is -2.62. The van der Waals surface area contributed by atoms with Crippen LogP contribution in [-0.4, -0.2) is 59.7 Å². The molecule has 1 aromatic carbocycles. The number of nitrogen functional groups attached to an aromatic ring is 1. The lowest BCUT2D eigenvalue weighted by molar-refractivity contribution is -0.398. The van der Waals surface area contributed by atoms with Gasteiger partial charge in [-0.1, -0.05) is 26.3 Å². The molecule has 3 N–H and O–H groups in total. The molecule has 4 bridgehead atoms. The minimum Gasteiger partial charge on any atom is -0.486 e.